The van der Waals surface area contributed by atoms with Crippen molar-refractivity contribution in [2.24, 2.45) is 11.5 Å². The highest BCUT2D eigenvalue weighted by atomic mass is 32.2. The standard InChI is InChI=1S/C6H10N4O10S2/c1-3(21(13,14)19-9-5(7)11)17-18-4(2)22(15,16)20-10-6(8)12/h1-2H2,(H3,7,9,11)(H3,8,10,12). The highest BCUT2D eigenvalue weighted by Crippen LogP contribution is 2.13. The van der Waals surface area contributed by atoms with E-state index in [1.165, 1.54) is 11.0 Å². The van der Waals surface area contributed by atoms with Gasteiger partial charge < -0.3 is 11.5 Å². The molecule has 16 heteroatoms. The summed E-state index contributed by atoms with van der Waals surface area (Å²) in [4.78, 5) is 28.5. The average Bonchev–Trinajstić information content (AvgIpc) is 2.39. The second-order valence-corrected chi connectivity index (χ2v) is 5.98. The maximum Gasteiger partial charge on any atom is 0.355 e. The van der Waals surface area contributed by atoms with Crippen LogP contribution in [-0.4, -0.2) is 28.9 Å². The fourth-order valence-corrected chi connectivity index (χ4v) is 1.27. The van der Waals surface area contributed by atoms with Crippen LogP contribution in [0.2, 0.25) is 0 Å². The molecular weight excluding hydrogens is 352 g/mol. The van der Waals surface area contributed by atoms with Gasteiger partial charge in [0.05, 0.1) is 0 Å². The van der Waals surface area contributed by atoms with Crippen LogP contribution in [0.25, 0.3) is 0 Å². The van der Waals surface area contributed by atoms with Crippen LogP contribution in [-0.2, 0) is 38.6 Å². The number of primary amides is 2. The molecule has 0 aromatic heterocycles. The first-order chi connectivity index (χ1) is 9.88. The number of hydroxylamine groups is 2. The lowest BCUT2D eigenvalue weighted by molar-refractivity contribution is -0.209. The van der Waals surface area contributed by atoms with Gasteiger partial charge in [0.2, 0.25) is 0 Å². The van der Waals surface area contributed by atoms with Crippen LogP contribution in [0.1, 0.15) is 0 Å². The van der Waals surface area contributed by atoms with E-state index in [2.05, 4.69) is 43.0 Å². The Bertz CT molecular complexity index is 620. The summed E-state index contributed by atoms with van der Waals surface area (Å²) < 4.78 is 52.5. The second kappa shape index (κ2) is 7.45. The predicted molar refractivity (Wildman–Crippen MR) is 65.9 cm³/mol. The summed E-state index contributed by atoms with van der Waals surface area (Å²) >= 11 is 0. The van der Waals surface area contributed by atoms with Gasteiger partial charge in [0.25, 0.3) is 10.2 Å². The Kier molecular flexibility index (Phi) is 6.58. The summed E-state index contributed by atoms with van der Waals surface area (Å²) in [5, 5.41) is -2.55. The summed E-state index contributed by atoms with van der Waals surface area (Å²) in [5.74, 6) is 0. The quantitative estimate of drug-likeness (QED) is 0.196. The molecule has 0 radical (unpaired) electrons. The van der Waals surface area contributed by atoms with Gasteiger partial charge >= 0.3 is 32.3 Å². The first-order valence-electron chi connectivity index (χ1n) is 4.58. The molecule has 0 rings (SSSR count). The first-order valence-corrected chi connectivity index (χ1v) is 7.40. The Morgan fingerprint density at radius 3 is 1.27 bits per heavy atom. The van der Waals surface area contributed by atoms with Gasteiger partial charge in [-0.05, 0) is 13.2 Å². The summed E-state index contributed by atoms with van der Waals surface area (Å²) in [6, 6.07) is -2.70. The zero-order valence-corrected chi connectivity index (χ0v) is 12.1. The van der Waals surface area contributed by atoms with E-state index in [4.69, 9.17) is 0 Å². The van der Waals surface area contributed by atoms with Gasteiger partial charge in [-0.25, -0.2) is 9.59 Å². The molecule has 0 atom stereocenters. The monoisotopic (exact) mass is 362 g/mol. The Morgan fingerprint density at radius 1 is 0.773 bits per heavy atom. The van der Waals surface area contributed by atoms with E-state index < -0.39 is 42.5 Å². The van der Waals surface area contributed by atoms with E-state index in [1.807, 2.05) is 0 Å². The van der Waals surface area contributed by atoms with Gasteiger partial charge in [0.15, 0.2) is 0 Å². The lowest BCUT2D eigenvalue weighted by Gasteiger charge is -2.10. The molecule has 0 aliphatic rings. The number of carbonyl (C=O) groups excluding carboxylic acids is 2. The van der Waals surface area contributed by atoms with Crippen molar-refractivity contribution < 1.29 is 44.8 Å². The fourth-order valence-electron chi connectivity index (χ4n) is 0.461. The molecule has 0 saturated heterocycles. The van der Waals surface area contributed by atoms with Crippen molar-refractivity contribution in [3.05, 3.63) is 23.3 Å². The first kappa shape index (κ1) is 19.4. The molecule has 6 N–H and O–H groups in total. The van der Waals surface area contributed by atoms with Crippen LogP contribution in [0.15, 0.2) is 23.3 Å². The van der Waals surface area contributed by atoms with Crippen molar-refractivity contribution in [1.29, 1.82) is 0 Å². The number of hydrogen-bond donors (Lipinski definition) is 4. The summed E-state index contributed by atoms with van der Waals surface area (Å²) in [5.41, 5.74) is 11.6. The van der Waals surface area contributed by atoms with Crippen molar-refractivity contribution in [3.63, 3.8) is 0 Å². The van der Waals surface area contributed by atoms with Gasteiger partial charge in [0.1, 0.15) is 0 Å². The van der Waals surface area contributed by atoms with Gasteiger partial charge in [-0.2, -0.15) is 27.8 Å². The van der Waals surface area contributed by atoms with Crippen molar-refractivity contribution in [2.45, 2.75) is 0 Å². The molecule has 14 nitrogen and oxygen atoms in total. The normalized spacial score (nSPS) is 11.1. The van der Waals surface area contributed by atoms with E-state index in [0.29, 0.717) is 0 Å². The minimum absolute atomic E-state index is 1.25. The van der Waals surface area contributed by atoms with Gasteiger partial charge in [-0.1, -0.05) is 0 Å². The molecule has 0 aliphatic heterocycles. The fraction of sp³-hybridized carbons (Fsp3) is 0. The average molecular weight is 362 g/mol. The van der Waals surface area contributed by atoms with Crippen LogP contribution in [0.4, 0.5) is 9.59 Å². The summed E-state index contributed by atoms with van der Waals surface area (Å²) in [6.45, 7) is 5.63. The highest BCUT2D eigenvalue weighted by molar-refractivity contribution is 7.90. The van der Waals surface area contributed by atoms with Crippen molar-refractivity contribution in [2.75, 3.05) is 0 Å². The molecule has 0 unspecified atom stereocenters. The number of hydrogen-bond acceptors (Lipinski definition) is 10. The third-order valence-electron chi connectivity index (χ3n) is 1.29. The largest absolute Gasteiger partial charge is 0.355 e. The van der Waals surface area contributed by atoms with E-state index in [1.54, 1.807) is 0 Å². The Labute approximate surface area is 123 Å². The number of rotatable bonds is 9. The maximum absolute atomic E-state index is 11.2. The number of amides is 4. The molecule has 126 valence electrons. The van der Waals surface area contributed by atoms with Gasteiger partial charge in [0, 0.05) is 0 Å². The zero-order valence-electron chi connectivity index (χ0n) is 10.5. The van der Waals surface area contributed by atoms with E-state index >= 15 is 0 Å². The van der Waals surface area contributed by atoms with Crippen LogP contribution < -0.4 is 22.4 Å². The molecule has 0 heterocycles. The lowest BCUT2D eigenvalue weighted by Crippen LogP contribution is -2.33. The third-order valence-corrected chi connectivity index (χ3v) is 3.15. The molecule has 4 amide bonds. The molecule has 0 aromatic carbocycles. The third kappa shape index (κ3) is 6.74. The van der Waals surface area contributed by atoms with Crippen molar-refractivity contribution in [3.8, 4) is 0 Å². The lowest BCUT2D eigenvalue weighted by atomic mass is 11.1. The van der Waals surface area contributed by atoms with Crippen molar-refractivity contribution >= 4 is 32.3 Å². The molecule has 0 aliphatic carbocycles. The molecule has 22 heavy (non-hydrogen) atoms. The molecule has 0 fully saturated rings. The Balaban J connectivity index is 4.61. The number of carbonyl (C=O) groups is 2. The van der Waals surface area contributed by atoms with Crippen LogP contribution in [0, 0.1) is 0 Å². The SMILES string of the molecule is C=C(OOC(=C)S(=O)(=O)ONC(N)=O)S(=O)(=O)ONC(N)=O. The molecule has 0 saturated carbocycles. The summed E-state index contributed by atoms with van der Waals surface area (Å²) in [7, 11) is -9.48. The number of urea groups is 2. The van der Waals surface area contributed by atoms with Gasteiger partial charge in [-0.3, -0.25) is 9.78 Å². The van der Waals surface area contributed by atoms with Crippen LogP contribution in [0.5, 0.6) is 0 Å². The smallest absolute Gasteiger partial charge is 0.350 e. The summed E-state index contributed by atoms with van der Waals surface area (Å²) in [6.07, 6.45) is 0. The topological polar surface area (TPSA) is 215 Å². The maximum atomic E-state index is 11.2. The number of nitrogens with one attached hydrogen (secondary N) is 2. The van der Waals surface area contributed by atoms with E-state index in [0.717, 1.165) is 0 Å². The molecule has 0 aromatic rings. The minimum Gasteiger partial charge on any atom is -0.350 e. The Hall–Kier alpha value is -2.56. The van der Waals surface area contributed by atoms with Gasteiger partial charge in [-0.15, -0.1) is 8.57 Å². The van der Waals surface area contributed by atoms with Crippen molar-refractivity contribution in [1.82, 2.24) is 11.0 Å². The minimum atomic E-state index is -4.74. The van der Waals surface area contributed by atoms with Crippen LogP contribution in [0.3, 0.4) is 0 Å². The molecular formula is C6H10N4O10S2. The molecule has 0 spiro atoms. The Morgan fingerprint density at radius 2 is 1.05 bits per heavy atom. The predicted octanol–water partition coefficient (Wildman–Crippen LogP) is -2.26. The van der Waals surface area contributed by atoms with E-state index in [-0.39, 0.29) is 0 Å². The molecule has 0 bridgehead atoms. The second-order valence-electron chi connectivity index (χ2n) is 2.92. The van der Waals surface area contributed by atoms with E-state index in [9.17, 15) is 26.4 Å². The number of nitrogens with two attached hydrogens (primary N) is 2. The highest BCUT2D eigenvalue weighted by Gasteiger charge is 2.26. The van der Waals surface area contributed by atoms with Crippen LogP contribution >= 0.6 is 0 Å². The zero-order chi connectivity index (χ0) is 17.6.